The van der Waals surface area contributed by atoms with Crippen LogP contribution in [0.25, 0.3) is 5.00 Å². The van der Waals surface area contributed by atoms with Crippen LogP contribution < -0.4 is 0 Å². The van der Waals surface area contributed by atoms with E-state index in [2.05, 4.69) is 59.8 Å². The van der Waals surface area contributed by atoms with Gasteiger partial charge in [0.1, 0.15) is 16.9 Å². The molecule has 2 atom stereocenters. The predicted octanol–water partition coefficient (Wildman–Crippen LogP) is 4.48. The van der Waals surface area contributed by atoms with Crippen LogP contribution in [0.2, 0.25) is 0 Å². The van der Waals surface area contributed by atoms with Crippen LogP contribution in [-0.2, 0) is 4.74 Å². The third-order valence-electron chi connectivity index (χ3n) is 6.98. The molecule has 3 aromatic rings. The van der Waals surface area contributed by atoms with Crippen molar-refractivity contribution in [3.8, 4) is 5.00 Å². The van der Waals surface area contributed by atoms with Gasteiger partial charge in [-0.05, 0) is 58.9 Å². The van der Waals surface area contributed by atoms with Crippen molar-refractivity contribution in [2.45, 2.75) is 84.3 Å². The van der Waals surface area contributed by atoms with E-state index in [-0.39, 0.29) is 12.2 Å². The Morgan fingerprint density at radius 1 is 1.06 bits per heavy atom. The lowest BCUT2D eigenvalue weighted by atomic mass is 9.95. The lowest BCUT2D eigenvalue weighted by Gasteiger charge is -2.28. The molecule has 0 amide bonds. The first-order valence-corrected chi connectivity index (χ1v) is 12.8. The molecule has 1 fully saturated rings. The van der Waals surface area contributed by atoms with Gasteiger partial charge in [0.2, 0.25) is 0 Å². The van der Waals surface area contributed by atoms with Crippen LogP contribution in [0.4, 0.5) is 0 Å². The molecule has 0 saturated heterocycles. The first-order valence-electron chi connectivity index (χ1n) is 12.0. The van der Waals surface area contributed by atoms with Crippen LogP contribution in [-0.4, -0.2) is 49.2 Å². The number of aromatic nitrogens is 3. The van der Waals surface area contributed by atoms with E-state index in [9.17, 15) is 10.2 Å². The Bertz CT molecular complexity index is 1210. The van der Waals surface area contributed by atoms with Crippen molar-refractivity contribution in [2.24, 2.45) is 4.99 Å². The number of benzene rings is 1. The number of nitrogens with zero attached hydrogens (tertiary/aromatic N) is 4. The van der Waals surface area contributed by atoms with Crippen molar-refractivity contribution >= 4 is 17.0 Å². The molecule has 2 aromatic heterocycles. The fraction of sp³-hybridized carbons (Fsp3) is 0.500. The van der Waals surface area contributed by atoms with E-state index in [1.165, 1.54) is 16.0 Å². The summed E-state index contributed by atoms with van der Waals surface area (Å²) in [6.45, 7) is 8.31. The summed E-state index contributed by atoms with van der Waals surface area (Å²) < 4.78 is 8.08. The number of aliphatic hydroxyl groups is 2. The van der Waals surface area contributed by atoms with E-state index < -0.39 is 12.3 Å². The minimum Gasteiger partial charge on any atom is -0.393 e. The van der Waals surface area contributed by atoms with Gasteiger partial charge in [-0.25, -0.2) is 0 Å². The third kappa shape index (κ3) is 4.35. The molecule has 3 heterocycles. The third-order valence-corrected chi connectivity index (χ3v) is 8.18. The monoisotopic (exact) mass is 480 g/mol. The van der Waals surface area contributed by atoms with Crippen molar-refractivity contribution in [3.63, 3.8) is 0 Å². The molecule has 1 unspecified atom stereocenters. The molecule has 0 bridgehead atoms. The molecule has 0 spiro atoms. The van der Waals surface area contributed by atoms with Crippen LogP contribution >= 0.6 is 11.3 Å². The molecule has 7 nitrogen and oxygen atoms in total. The lowest BCUT2D eigenvalue weighted by Crippen LogP contribution is -2.29. The predicted molar refractivity (Wildman–Crippen MR) is 133 cm³/mol. The van der Waals surface area contributed by atoms with E-state index in [4.69, 9.17) is 9.73 Å². The molecule has 8 heteroatoms. The van der Waals surface area contributed by atoms with Crippen molar-refractivity contribution in [1.82, 2.24) is 14.8 Å². The van der Waals surface area contributed by atoms with E-state index in [0.29, 0.717) is 19.3 Å². The Labute approximate surface area is 204 Å². The lowest BCUT2D eigenvalue weighted by molar-refractivity contribution is -0.154. The number of thiophene rings is 1. The van der Waals surface area contributed by atoms with E-state index in [1.807, 2.05) is 6.92 Å². The first kappa shape index (κ1) is 23.4. The van der Waals surface area contributed by atoms with Gasteiger partial charge < -0.3 is 14.9 Å². The Kier molecular flexibility index (Phi) is 6.41. The second-order valence-corrected chi connectivity index (χ2v) is 10.7. The number of fused-ring (bicyclic) bond motifs is 3. The van der Waals surface area contributed by atoms with Crippen molar-refractivity contribution in [2.75, 3.05) is 0 Å². The number of hydrogen-bond donors (Lipinski definition) is 2. The highest BCUT2D eigenvalue weighted by molar-refractivity contribution is 7.15. The zero-order chi connectivity index (χ0) is 24.0. The Morgan fingerprint density at radius 2 is 1.76 bits per heavy atom. The summed E-state index contributed by atoms with van der Waals surface area (Å²) in [6, 6.07) is 8.03. The van der Waals surface area contributed by atoms with Gasteiger partial charge in [0, 0.05) is 22.4 Å². The highest BCUT2D eigenvalue weighted by Gasteiger charge is 2.33. The van der Waals surface area contributed by atoms with Crippen LogP contribution in [0, 0.1) is 27.7 Å². The normalized spacial score (nSPS) is 23.1. The number of aliphatic hydroxyl groups excluding tert-OH is 2. The van der Waals surface area contributed by atoms with E-state index in [0.717, 1.165) is 46.3 Å². The minimum absolute atomic E-state index is 0.0455. The largest absolute Gasteiger partial charge is 0.393 e. The van der Waals surface area contributed by atoms with Gasteiger partial charge in [-0.3, -0.25) is 9.56 Å². The minimum atomic E-state index is -0.974. The molecule has 1 aliphatic carbocycles. The molecular formula is C26H32N4O3S. The summed E-state index contributed by atoms with van der Waals surface area (Å²) in [5, 5.41) is 30.6. The summed E-state index contributed by atoms with van der Waals surface area (Å²) >= 11 is 1.73. The first-order chi connectivity index (χ1) is 16.3. The summed E-state index contributed by atoms with van der Waals surface area (Å²) in [5.41, 5.74) is 5.47. The fourth-order valence-corrected chi connectivity index (χ4v) is 6.12. The summed E-state index contributed by atoms with van der Waals surface area (Å²) in [7, 11) is 0. The number of aliphatic imine (C=N–C) groups is 1. The number of aryl methyl sites for hydroxylation is 3. The molecule has 1 saturated carbocycles. The van der Waals surface area contributed by atoms with Crippen LogP contribution in [0.5, 0.6) is 0 Å². The SMILES string of the molecule is Cc1ccc(C2=N[C@@H](CC(O)OC3CCC(O)CC3)c3nnc(C)n3-c3sc(C)c(C)c32)cc1. The van der Waals surface area contributed by atoms with Gasteiger partial charge in [0.25, 0.3) is 0 Å². The quantitative estimate of drug-likeness (QED) is 0.525. The highest BCUT2D eigenvalue weighted by Crippen LogP contribution is 2.40. The Balaban J connectivity index is 1.55. The Hall–Kier alpha value is -2.39. The number of hydrogen-bond acceptors (Lipinski definition) is 7. The summed E-state index contributed by atoms with van der Waals surface area (Å²) in [6.07, 6.45) is 1.95. The molecule has 1 aromatic carbocycles. The number of ether oxygens (including phenoxy) is 1. The highest BCUT2D eigenvalue weighted by atomic mass is 32.1. The molecule has 0 radical (unpaired) electrons. The summed E-state index contributed by atoms with van der Waals surface area (Å²) in [4.78, 5) is 6.45. The molecule has 180 valence electrons. The number of rotatable bonds is 5. The molecule has 1 aliphatic heterocycles. The zero-order valence-corrected chi connectivity index (χ0v) is 21.0. The zero-order valence-electron chi connectivity index (χ0n) is 20.2. The van der Waals surface area contributed by atoms with Crippen molar-refractivity contribution < 1.29 is 14.9 Å². The Morgan fingerprint density at radius 3 is 2.47 bits per heavy atom. The van der Waals surface area contributed by atoms with Gasteiger partial charge in [0.15, 0.2) is 12.1 Å². The molecule has 2 aliphatic rings. The maximum Gasteiger partial charge on any atom is 0.163 e. The fourth-order valence-electron chi connectivity index (χ4n) is 4.91. The second kappa shape index (κ2) is 9.34. The molecule has 2 N–H and O–H groups in total. The maximum atomic E-state index is 10.9. The van der Waals surface area contributed by atoms with Gasteiger partial charge in [-0.15, -0.1) is 21.5 Å². The van der Waals surface area contributed by atoms with Crippen molar-refractivity contribution in [1.29, 1.82) is 0 Å². The molecule has 5 rings (SSSR count). The average molecular weight is 481 g/mol. The average Bonchev–Trinajstić information content (AvgIpc) is 3.28. The van der Waals surface area contributed by atoms with E-state index >= 15 is 0 Å². The van der Waals surface area contributed by atoms with Crippen LogP contribution in [0.15, 0.2) is 29.3 Å². The molecule has 34 heavy (non-hydrogen) atoms. The van der Waals surface area contributed by atoms with E-state index in [1.54, 1.807) is 11.3 Å². The van der Waals surface area contributed by atoms with Gasteiger partial charge >= 0.3 is 0 Å². The summed E-state index contributed by atoms with van der Waals surface area (Å²) in [5.74, 6) is 1.53. The smallest absolute Gasteiger partial charge is 0.163 e. The maximum absolute atomic E-state index is 10.9. The molecular weight excluding hydrogens is 448 g/mol. The van der Waals surface area contributed by atoms with Gasteiger partial charge in [0.05, 0.1) is 17.9 Å². The standard InChI is InChI=1S/C26H32N4O3S/c1-14-5-7-18(8-6-14)24-23-15(2)16(3)34-26(23)30-17(4)28-29-25(30)21(27-24)13-22(32)33-20-11-9-19(31)10-12-20/h5-8,19-22,31-32H,9-13H2,1-4H3/t19?,20?,21-,22?/m0/s1. The topological polar surface area (TPSA) is 92.8 Å². The van der Waals surface area contributed by atoms with Gasteiger partial charge in [-0.1, -0.05) is 29.8 Å². The van der Waals surface area contributed by atoms with Crippen molar-refractivity contribution in [3.05, 3.63) is 63.0 Å². The van der Waals surface area contributed by atoms with Crippen LogP contribution in [0.1, 0.15) is 76.9 Å². The van der Waals surface area contributed by atoms with Crippen LogP contribution in [0.3, 0.4) is 0 Å². The second-order valence-electron chi connectivity index (χ2n) is 9.52. The van der Waals surface area contributed by atoms with Gasteiger partial charge in [-0.2, -0.15) is 0 Å².